The minimum atomic E-state index is -0.0899. The average Bonchev–Trinajstić information content (AvgIpc) is 3.17. The molecule has 9 heteroatoms. The van der Waals surface area contributed by atoms with Crippen LogP contribution in [0.4, 0.5) is 5.82 Å². The number of ether oxygens (including phenoxy) is 1. The Hall–Kier alpha value is -2.65. The number of hydrogen-bond donors (Lipinski definition) is 1. The van der Waals surface area contributed by atoms with Crippen molar-refractivity contribution in [2.75, 3.05) is 43.5 Å². The molecule has 4 rings (SSSR count). The smallest absolute Gasteiger partial charge is 0.251 e. The number of fused-ring (bicyclic) bond motifs is 1. The maximum atomic E-state index is 12.2. The third-order valence-corrected chi connectivity index (χ3v) is 5.41. The number of anilines is 1. The Labute approximate surface area is 173 Å². The van der Waals surface area contributed by atoms with Crippen LogP contribution in [0, 0.1) is 0 Å². The van der Waals surface area contributed by atoms with Gasteiger partial charge in [-0.25, -0.2) is 14.6 Å². The number of nitrogens with zero attached hydrogens (tertiary/aromatic N) is 5. The van der Waals surface area contributed by atoms with E-state index in [1.165, 1.54) is 0 Å². The van der Waals surface area contributed by atoms with E-state index < -0.39 is 0 Å². The summed E-state index contributed by atoms with van der Waals surface area (Å²) in [7, 11) is 0. The SMILES string of the molecule is CCSc1nc(N2CCOCC2)c2cnn(CCNC(=O)c3ccccc3)c2n1. The van der Waals surface area contributed by atoms with Crippen LogP contribution in [0.15, 0.2) is 41.7 Å². The highest BCUT2D eigenvalue weighted by Crippen LogP contribution is 2.27. The zero-order valence-electron chi connectivity index (χ0n) is 16.4. The van der Waals surface area contributed by atoms with Gasteiger partial charge in [-0.3, -0.25) is 4.79 Å². The molecule has 1 aliphatic rings. The van der Waals surface area contributed by atoms with E-state index in [1.54, 1.807) is 23.9 Å². The van der Waals surface area contributed by atoms with Crippen LogP contribution >= 0.6 is 11.8 Å². The maximum Gasteiger partial charge on any atom is 0.251 e. The minimum absolute atomic E-state index is 0.0899. The number of hydrogen-bond acceptors (Lipinski definition) is 7. The molecule has 0 aliphatic carbocycles. The van der Waals surface area contributed by atoms with Gasteiger partial charge in [-0.2, -0.15) is 5.10 Å². The lowest BCUT2D eigenvalue weighted by molar-refractivity contribution is 0.0952. The number of amides is 1. The molecule has 1 aromatic carbocycles. The van der Waals surface area contributed by atoms with Crippen LogP contribution in [0.1, 0.15) is 17.3 Å². The topological polar surface area (TPSA) is 85.2 Å². The van der Waals surface area contributed by atoms with Crippen molar-refractivity contribution in [2.45, 2.75) is 18.6 Å². The molecular weight excluding hydrogens is 388 g/mol. The number of rotatable bonds is 7. The first kappa shape index (κ1) is 19.7. The summed E-state index contributed by atoms with van der Waals surface area (Å²) in [5.41, 5.74) is 1.45. The summed E-state index contributed by atoms with van der Waals surface area (Å²) in [5.74, 6) is 1.72. The fraction of sp³-hybridized carbons (Fsp3) is 0.400. The van der Waals surface area contributed by atoms with E-state index in [0.29, 0.717) is 31.9 Å². The molecule has 3 heterocycles. The molecule has 0 atom stereocenters. The second-order valence-electron chi connectivity index (χ2n) is 6.59. The highest BCUT2D eigenvalue weighted by molar-refractivity contribution is 7.99. The van der Waals surface area contributed by atoms with Crippen LogP contribution in [0.2, 0.25) is 0 Å². The number of thioether (sulfide) groups is 1. The van der Waals surface area contributed by atoms with Crippen molar-refractivity contribution in [3.05, 3.63) is 42.1 Å². The number of benzene rings is 1. The van der Waals surface area contributed by atoms with Crippen LogP contribution in [0.3, 0.4) is 0 Å². The first-order valence-electron chi connectivity index (χ1n) is 9.78. The van der Waals surface area contributed by atoms with Gasteiger partial charge in [0, 0.05) is 25.2 Å². The molecule has 1 N–H and O–H groups in total. The van der Waals surface area contributed by atoms with E-state index >= 15 is 0 Å². The van der Waals surface area contributed by atoms with Gasteiger partial charge in [0.15, 0.2) is 10.8 Å². The zero-order valence-corrected chi connectivity index (χ0v) is 17.2. The molecule has 0 saturated carbocycles. The molecule has 1 saturated heterocycles. The summed E-state index contributed by atoms with van der Waals surface area (Å²) < 4.78 is 7.32. The van der Waals surface area contributed by atoms with Gasteiger partial charge in [0.2, 0.25) is 0 Å². The van der Waals surface area contributed by atoms with Crippen molar-refractivity contribution >= 4 is 34.5 Å². The summed E-state index contributed by atoms with van der Waals surface area (Å²) >= 11 is 1.62. The van der Waals surface area contributed by atoms with Gasteiger partial charge in [0.25, 0.3) is 5.91 Å². The average molecular weight is 413 g/mol. The monoisotopic (exact) mass is 412 g/mol. The van der Waals surface area contributed by atoms with Crippen molar-refractivity contribution in [1.82, 2.24) is 25.1 Å². The first-order valence-corrected chi connectivity index (χ1v) is 10.8. The van der Waals surface area contributed by atoms with Crippen LogP contribution in [0.5, 0.6) is 0 Å². The summed E-state index contributed by atoms with van der Waals surface area (Å²) in [4.78, 5) is 24.0. The molecule has 1 aliphatic heterocycles. The van der Waals surface area contributed by atoms with Crippen molar-refractivity contribution in [2.24, 2.45) is 0 Å². The quantitative estimate of drug-likeness (QED) is 0.470. The highest BCUT2D eigenvalue weighted by atomic mass is 32.2. The Morgan fingerprint density at radius 1 is 1.21 bits per heavy atom. The molecular formula is C20H24N6O2S. The normalized spacial score (nSPS) is 14.3. The number of carbonyl (C=O) groups excluding carboxylic acids is 1. The molecule has 0 radical (unpaired) electrons. The Kier molecular flexibility index (Phi) is 6.26. The predicted molar refractivity (Wildman–Crippen MR) is 114 cm³/mol. The number of nitrogens with one attached hydrogen (secondary N) is 1. The van der Waals surface area contributed by atoms with E-state index in [9.17, 15) is 4.79 Å². The van der Waals surface area contributed by atoms with Crippen molar-refractivity contribution < 1.29 is 9.53 Å². The summed E-state index contributed by atoms with van der Waals surface area (Å²) in [6, 6.07) is 9.20. The number of morpholine rings is 1. The lowest BCUT2D eigenvalue weighted by atomic mass is 10.2. The Morgan fingerprint density at radius 2 is 2.00 bits per heavy atom. The van der Waals surface area contributed by atoms with E-state index in [1.807, 2.05) is 29.1 Å². The number of carbonyl (C=O) groups is 1. The summed E-state index contributed by atoms with van der Waals surface area (Å²) in [6.45, 7) is 6.10. The molecule has 2 aromatic heterocycles. The van der Waals surface area contributed by atoms with Gasteiger partial charge < -0.3 is 15.0 Å². The fourth-order valence-electron chi connectivity index (χ4n) is 3.26. The fourth-order valence-corrected chi connectivity index (χ4v) is 3.82. The molecule has 0 bridgehead atoms. The van der Waals surface area contributed by atoms with E-state index in [4.69, 9.17) is 14.7 Å². The van der Waals surface area contributed by atoms with Gasteiger partial charge in [-0.1, -0.05) is 36.9 Å². The third-order valence-electron chi connectivity index (χ3n) is 4.68. The molecule has 0 spiro atoms. The van der Waals surface area contributed by atoms with Gasteiger partial charge in [0.05, 0.1) is 31.3 Å². The van der Waals surface area contributed by atoms with E-state index in [2.05, 4.69) is 22.2 Å². The van der Waals surface area contributed by atoms with Crippen molar-refractivity contribution in [3.8, 4) is 0 Å². The molecule has 8 nitrogen and oxygen atoms in total. The number of aromatic nitrogens is 4. The van der Waals surface area contributed by atoms with Gasteiger partial charge >= 0.3 is 0 Å². The van der Waals surface area contributed by atoms with Crippen LogP contribution in [-0.4, -0.2) is 64.3 Å². The van der Waals surface area contributed by atoms with Crippen LogP contribution < -0.4 is 10.2 Å². The molecule has 3 aromatic rings. The summed E-state index contributed by atoms with van der Waals surface area (Å²) in [5, 5.41) is 9.14. The highest BCUT2D eigenvalue weighted by Gasteiger charge is 2.20. The Morgan fingerprint density at radius 3 is 2.76 bits per heavy atom. The third kappa shape index (κ3) is 4.51. The van der Waals surface area contributed by atoms with Crippen LogP contribution in [0.25, 0.3) is 11.0 Å². The van der Waals surface area contributed by atoms with Crippen LogP contribution in [-0.2, 0) is 11.3 Å². The van der Waals surface area contributed by atoms with Crippen molar-refractivity contribution in [1.29, 1.82) is 0 Å². The largest absolute Gasteiger partial charge is 0.378 e. The molecule has 29 heavy (non-hydrogen) atoms. The Bertz CT molecular complexity index is 972. The van der Waals surface area contributed by atoms with Gasteiger partial charge in [-0.15, -0.1) is 0 Å². The molecule has 1 fully saturated rings. The standard InChI is InChI=1S/C20H24N6O2S/c1-2-29-20-23-17(25-10-12-28-13-11-25)16-14-22-26(18(16)24-20)9-8-21-19(27)15-6-4-3-5-7-15/h3-7,14H,2,8-13H2,1H3,(H,21,27). The van der Waals surface area contributed by atoms with E-state index in [0.717, 1.165) is 40.9 Å². The second-order valence-corrected chi connectivity index (χ2v) is 7.82. The minimum Gasteiger partial charge on any atom is -0.378 e. The predicted octanol–water partition coefficient (Wildman–Crippen LogP) is 2.20. The van der Waals surface area contributed by atoms with E-state index in [-0.39, 0.29) is 5.91 Å². The van der Waals surface area contributed by atoms with Gasteiger partial charge in [-0.05, 0) is 17.9 Å². The van der Waals surface area contributed by atoms with Crippen molar-refractivity contribution in [3.63, 3.8) is 0 Å². The lowest BCUT2D eigenvalue weighted by Gasteiger charge is -2.28. The maximum absolute atomic E-state index is 12.2. The molecule has 152 valence electrons. The second kappa shape index (κ2) is 9.23. The lowest BCUT2D eigenvalue weighted by Crippen LogP contribution is -2.37. The molecule has 0 unspecified atom stereocenters. The zero-order chi connectivity index (χ0) is 20.1. The van der Waals surface area contributed by atoms with Gasteiger partial charge in [0.1, 0.15) is 5.82 Å². The Balaban J connectivity index is 1.53. The molecule has 1 amide bonds. The first-order chi connectivity index (χ1) is 14.3. The summed E-state index contributed by atoms with van der Waals surface area (Å²) in [6.07, 6.45) is 1.82.